The zero-order valence-corrected chi connectivity index (χ0v) is 14.1. The van der Waals surface area contributed by atoms with Crippen molar-refractivity contribution in [1.29, 1.82) is 0 Å². The van der Waals surface area contributed by atoms with Gasteiger partial charge in [-0.15, -0.1) is 5.10 Å². The second-order valence-electron chi connectivity index (χ2n) is 5.34. The molecule has 0 amide bonds. The summed E-state index contributed by atoms with van der Waals surface area (Å²) in [6.45, 7) is 4.64. The molecule has 3 rings (SSSR count). The standard InChI is InChI=1S/C15H18ClN7O/c1-3-23-14-12(21-22-23)13(18-11-6-4-10(16)5-7-11)19-15(20-14)17-8-9(2)24/h4-7,9,24H,3,8H2,1-2H3,(H2,17,18,19,20). The Hall–Kier alpha value is -2.45. The van der Waals surface area contributed by atoms with Gasteiger partial charge in [0.05, 0.1) is 6.10 Å². The Kier molecular flexibility index (Phi) is 4.77. The number of aromatic nitrogens is 5. The number of fused-ring (bicyclic) bond motifs is 1. The Morgan fingerprint density at radius 1 is 1.25 bits per heavy atom. The Morgan fingerprint density at radius 2 is 2.00 bits per heavy atom. The number of benzene rings is 1. The highest BCUT2D eigenvalue weighted by molar-refractivity contribution is 6.30. The Bertz CT molecular complexity index is 832. The largest absolute Gasteiger partial charge is 0.392 e. The van der Waals surface area contributed by atoms with Crippen LogP contribution in [-0.4, -0.2) is 42.7 Å². The minimum atomic E-state index is -0.508. The van der Waals surface area contributed by atoms with Gasteiger partial charge in [-0.2, -0.15) is 9.97 Å². The summed E-state index contributed by atoms with van der Waals surface area (Å²) in [5.74, 6) is 0.937. The molecule has 0 saturated heterocycles. The topological polar surface area (TPSA) is 101 Å². The average molecular weight is 348 g/mol. The van der Waals surface area contributed by atoms with Crippen LogP contribution < -0.4 is 10.6 Å². The number of rotatable bonds is 6. The molecule has 0 radical (unpaired) electrons. The van der Waals surface area contributed by atoms with Gasteiger partial charge in [0.1, 0.15) is 0 Å². The molecule has 1 atom stereocenters. The third-order valence-electron chi connectivity index (χ3n) is 3.32. The molecule has 3 aromatic rings. The van der Waals surface area contributed by atoms with Gasteiger partial charge in [-0.25, -0.2) is 4.68 Å². The van der Waals surface area contributed by atoms with Crippen LogP contribution in [0.1, 0.15) is 13.8 Å². The van der Waals surface area contributed by atoms with E-state index in [4.69, 9.17) is 11.6 Å². The summed E-state index contributed by atoms with van der Waals surface area (Å²) in [6, 6.07) is 7.28. The first-order valence-electron chi connectivity index (χ1n) is 7.62. The molecule has 0 bridgehead atoms. The summed E-state index contributed by atoms with van der Waals surface area (Å²) in [6.07, 6.45) is -0.508. The molecule has 8 nitrogen and oxygen atoms in total. The molecule has 0 fully saturated rings. The highest BCUT2D eigenvalue weighted by Gasteiger charge is 2.14. The van der Waals surface area contributed by atoms with E-state index in [1.54, 1.807) is 23.7 Å². The number of aliphatic hydroxyl groups is 1. The van der Waals surface area contributed by atoms with Crippen LogP contribution in [0.5, 0.6) is 0 Å². The lowest BCUT2D eigenvalue weighted by molar-refractivity contribution is 0.208. The van der Waals surface area contributed by atoms with E-state index in [0.717, 1.165) is 5.69 Å². The van der Waals surface area contributed by atoms with E-state index in [2.05, 4.69) is 30.9 Å². The van der Waals surface area contributed by atoms with Crippen molar-refractivity contribution in [2.24, 2.45) is 0 Å². The fourth-order valence-electron chi connectivity index (χ4n) is 2.14. The van der Waals surface area contributed by atoms with Gasteiger partial charge in [-0.3, -0.25) is 0 Å². The maximum absolute atomic E-state index is 9.44. The van der Waals surface area contributed by atoms with Crippen LogP contribution >= 0.6 is 11.6 Å². The molecule has 126 valence electrons. The van der Waals surface area contributed by atoms with Crippen LogP contribution in [0, 0.1) is 0 Å². The van der Waals surface area contributed by atoms with Crippen molar-refractivity contribution in [2.45, 2.75) is 26.5 Å². The van der Waals surface area contributed by atoms with E-state index >= 15 is 0 Å². The normalized spacial score (nSPS) is 12.3. The maximum atomic E-state index is 9.44. The molecular formula is C15H18ClN7O. The fraction of sp³-hybridized carbons (Fsp3) is 0.333. The molecule has 2 heterocycles. The van der Waals surface area contributed by atoms with Gasteiger partial charge in [-0.05, 0) is 38.1 Å². The number of hydrogen-bond donors (Lipinski definition) is 3. The Labute approximate surface area is 143 Å². The Morgan fingerprint density at radius 3 is 2.67 bits per heavy atom. The van der Waals surface area contributed by atoms with Crippen LogP contribution in [0.15, 0.2) is 24.3 Å². The van der Waals surface area contributed by atoms with Crippen LogP contribution in [0.3, 0.4) is 0 Å². The van der Waals surface area contributed by atoms with Gasteiger partial charge in [0.15, 0.2) is 17.0 Å². The van der Waals surface area contributed by atoms with Gasteiger partial charge in [-0.1, -0.05) is 16.8 Å². The van der Waals surface area contributed by atoms with Crippen molar-refractivity contribution in [3.8, 4) is 0 Å². The first kappa shape index (κ1) is 16.4. The van der Waals surface area contributed by atoms with Gasteiger partial charge < -0.3 is 15.7 Å². The molecule has 0 aliphatic carbocycles. The summed E-state index contributed by atoms with van der Waals surface area (Å²) in [5.41, 5.74) is 2.03. The molecule has 9 heteroatoms. The number of nitrogens with one attached hydrogen (secondary N) is 2. The molecule has 1 unspecified atom stereocenters. The van der Waals surface area contributed by atoms with Gasteiger partial charge in [0.25, 0.3) is 0 Å². The van der Waals surface area contributed by atoms with E-state index in [0.29, 0.717) is 41.0 Å². The van der Waals surface area contributed by atoms with Gasteiger partial charge >= 0.3 is 0 Å². The van der Waals surface area contributed by atoms with E-state index in [9.17, 15) is 5.11 Å². The number of nitrogens with zero attached hydrogens (tertiary/aromatic N) is 5. The van der Waals surface area contributed by atoms with Crippen molar-refractivity contribution < 1.29 is 5.11 Å². The van der Waals surface area contributed by atoms with Crippen LogP contribution in [0.4, 0.5) is 17.5 Å². The van der Waals surface area contributed by atoms with E-state index in [-0.39, 0.29) is 0 Å². The smallest absolute Gasteiger partial charge is 0.226 e. The lowest BCUT2D eigenvalue weighted by atomic mass is 10.3. The van der Waals surface area contributed by atoms with Crippen molar-refractivity contribution in [2.75, 3.05) is 17.2 Å². The summed E-state index contributed by atoms with van der Waals surface area (Å²) in [7, 11) is 0. The van der Waals surface area contributed by atoms with Crippen molar-refractivity contribution in [3.63, 3.8) is 0 Å². The lowest BCUT2D eigenvalue weighted by Gasteiger charge is -2.10. The Balaban J connectivity index is 2.00. The first-order chi connectivity index (χ1) is 11.6. The van der Waals surface area contributed by atoms with Crippen molar-refractivity contribution in [1.82, 2.24) is 25.0 Å². The minimum Gasteiger partial charge on any atom is -0.392 e. The van der Waals surface area contributed by atoms with Crippen LogP contribution in [-0.2, 0) is 6.54 Å². The molecule has 0 saturated carbocycles. The third kappa shape index (κ3) is 3.55. The van der Waals surface area contributed by atoms with Crippen molar-refractivity contribution in [3.05, 3.63) is 29.3 Å². The predicted octanol–water partition coefficient (Wildman–Crippen LogP) is 2.43. The quantitative estimate of drug-likeness (QED) is 0.629. The predicted molar refractivity (Wildman–Crippen MR) is 93.7 cm³/mol. The number of aryl methyl sites for hydroxylation is 1. The number of halogens is 1. The second-order valence-corrected chi connectivity index (χ2v) is 5.77. The number of hydrogen-bond acceptors (Lipinski definition) is 7. The lowest BCUT2D eigenvalue weighted by Crippen LogP contribution is -2.17. The molecule has 0 aliphatic rings. The monoisotopic (exact) mass is 347 g/mol. The summed E-state index contributed by atoms with van der Waals surface area (Å²) in [4.78, 5) is 8.88. The van der Waals surface area contributed by atoms with Crippen molar-refractivity contribution >= 4 is 40.2 Å². The SMILES string of the molecule is CCn1nnc2c(Nc3ccc(Cl)cc3)nc(NCC(C)O)nc21. The zero-order chi connectivity index (χ0) is 17.1. The zero-order valence-electron chi connectivity index (χ0n) is 13.4. The average Bonchev–Trinajstić information content (AvgIpc) is 2.98. The van der Waals surface area contributed by atoms with Crippen LogP contribution in [0.25, 0.3) is 11.2 Å². The summed E-state index contributed by atoms with van der Waals surface area (Å²) < 4.78 is 1.69. The molecule has 0 aliphatic heterocycles. The second kappa shape index (κ2) is 6.98. The molecule has 0 spiro atoms. The number of aliphatic hydroxyl groups excluding tert-OH is 1. The molecule has 1 aromatic carbocycles. The highest BCUT2D eigenvalue weighted by Crippen LogP contribution is 2.24. The van der Waals surface area contributed by atoms with E-state index < -0.39 is 6.10 Å². The van der Waals surface area contributed by atoms with E-state index in [1.807, 2.05) is 19.1 Å². The maximum Gasteiger partial charge on any atom is 0.226 e. The van der Waals surface area contributed by atoms with Gasteiger partial charge in [0, 0.05) is 23.8 Å². The number of anilines is 3. The first-order valence-corrected chi connectivity index (χ1v) is 8.00. The van der Waals surface area contributed by atoms with Gasteiger partial charge in [0.2, 0.25) is 5.95 Å². The summed E-state index contributed by atoms with van der Waals surface area (Å²) in [5, 5.41) is 24.6. The van der Waals surface area contributed by atoms with Crippen LogP contribution in [0.2, 0.25) is 5.02 Å². The minimum absolute atomic E-state index is 0.347. The van der Waals surface area contributed by atoms with E-state index in [1.165, 1.54) is 0 Å². The fourth-order valence-corrected chi connectivity index (χ4v) is 2.27. The highest BCUT2D eigenvalue weighted by atomic mass is 35.5. The molecule has 24 heavy (non-hydrogen) atoms. The molecular weight excluding hydrogens is 330 g/mol. The molecule has 3 N–H and O–H groups in total. The molecule has 2 aromatic heterocycles. The third-order valence-corrected chi connectivity index (χ3v) is 3.58. The summed E-state index contributed by atoms with van der Waals surface area (Å²) >= 11 is 5.92.